The standard InChI is InChI=1S/C20H30O7/c1-18-7-11(23)15(24)19(2,8-21)12(18)5-6-20(9-22)13(18)4-3-10-14(20)17(26)27-16(10)25/h11-13,15-16,21-25H,3-9H2,1-2H3/t11-,12+,13+,15-,16+,18-,19+,20-/m0/s1. The van der Waals surface area contributed by atoms with Gasteiger partial charge in [-0.15, -0.1) is 0 Å². The molecule has 2 fully saturated rings. The van der Waals surface area contributed by atoms with Gasteiger partial charge in [0.15, 0.2) is 0 Å². The Morgan fingerprint density at radius 3 is 2.41 bits per heavy atom. The summed E-state index contributed by atoms with van der Waals surface area (Å²) in [5, 5.41) is 51.9. The van der Waals surface area contributed by atoms with Crippen LogP contribution in [-0.4, -0.2) is 63.2 Å². The van der Waals surface area contributed by atoms with Gasteiger partial charge in [-0.1, -0.05) is 13.8 Å². The van der Waals surface area contributed by atoms with Crippen LogP contribution in [0.1, 0.15) is 46.0 Å². The lowest BCUT2D eigenvalue weighted by Gasteiger charge is -2.65. The lowest BCUT2D eigenvalue weighted by molar-refractivity contribution is -0.229. The fourth-order valence-electron chi connectivity index (χ4n) is 7.29. The molecule has 0 aromatic heterocycles. The molecular weight excluding hydrogens is 352 g/mol. The zero-order chi connectivity index (χ0) is 19.8. The summed E-state index contributed by atoms with van der Waals surface area (Å²) in [5.74, 6) is -0.722. The predicted molar refractivity (Wildman–Crippen MR) is 94.0 cm³/mol. The van der Waals surface area contributed by atoms with E-state index in [1.54, 1.807) is 0 Å². The molecule has 2 saturated carbocycles. The van der Waals surface area contributed by atoms with Gasteiger partial charge < -0.3 is 30.3 Å². The van der Waals surface area contributed by atoms with Gasteiger partial charge in [-0.25, -0.2) is 4.79 Å². The van der Waals surface area contributed by atoms with Gasteiger partial charge in [-0.3, -0.25) is 0 Å². The highest BCUT2D eigenvalue weighted by molar-refractivity contribution is 5.94. The van der Waals surface area contributed by atoms with Gasteiger partial charge in [0.25, 0.3) is 0 Å². The summed E-state index contributed by atoms with van der Waals surface area (Å²) in [6.45, 7) is 3.40. The topological polar surface area (TPSA) is 127 Å². The number of rotatable bonds is 2. The number of hydrogen-bond acceptors (Lipinski definition) is 7. The molecule has 0 radical (unpaired) electrons. The summed E-state index contributed by atoms with van der Waals surface area (Å²) >= 11 is 0. The third kappa shape index (κ3) is 2.23. The molecule has 1 aliphatic heterocycles. The Morgan fingerprint density at radius 2 is 1.78 bits per heavy atom. The van der Waals surface area contributed by atoms with Crippen molar-refractivity contribution >= 4 is 5.97 Å². The third-order valence-electron chi connectivity index (χ3n) is 8.49. The summed E-state index contributed by atoms with van der Waals surface area (Å²) in [6, 6.07) is 0. The second-order valence-electron chi connectivity index (χ2n) is 9.54. The van der Waals surface area contributed by atoms with E-state index >= 15 is 0 Å². The number of cyclic esters (lactones) is 1. The number of esters is 1. The lowest BCUT2D eigenvalue weighted by atomic mass is 9.39. The number of carbonyl (C=O) groups excluding carboxylic acids is 1. The zero-order valence-corrected chi connectivity index (χ0v) is 15.9. The second kappa shape index (κ2) is 6.00. The molecule has 0 spiro atoms. The summed E-state index contributed by atoms with van der Waals surface area (Å²) < 4.78 is 5.06. The third-order valence-corrected chi connectivity index (χ3v) is 8.49. The van der Waals surface area contributed by atoms with Crippen molar-refractivity contribution < 1.29 is 35.1 Å². The van der Waals surface area contributed by atoms with Crippen molar-refractivity contribution in [3.8, 4) is 0 Å². The molecule has 4 rings (SSSR count). The molecule has 27 heavy (non-hydrogen) atoms. The number of fused-ring (bicyclic) bond motifs is 4. The van der Waals surface area contributed by atoms with E-state index in [9.17, 15) is 30.3 Å². The molecule has 3 aliphatic carbocycles. The maximum atomic E-state index is 12.5. The quantitative estimate of drug-likeness (QED) is 0.428. The molecule has 7 heteroatoms. The van der Waals surface area contributed by atoms with Crippen LogP contribution in [0, 0.1) is 28.1 Å². The average molecular weight is 382 g/mol. The first-order valence-electron chi connectivity index (χ1n) is 9.86. The summed E-state index contributed by atoms with van der Waals surface area (Å²) in [5.41, 5.74) is -1.14. The minimum absolute atomic E-state index is 0.0532. The van der Waals surface area contributed by atoms with Crippen LogP contribution in [0.3, 0.4) is 0 Å². The first kappa shape index (κ1) is 19.3. The Morgan fingerprint density at radius 1 is 1.07 bits per heavy atom. The molecule has 1 heterocycles. The van der Waals surface area contributed by atoms with Crippen molar-refractivity contribution in [3.63, 3.8) is 0 Å². The largest absolute Gasteiger partial charge is 0.428 e. The van der Waals surface area contributed by atoms with Crippen molar-refractivity contribution in [1.29, 1.82) is 0 Å². The minimum atomic E-state index is -1.23. The van der Waals surface area contributed by atoms with Gasteiger partial charge in [0.2, 0.25) is 6.29 Å². The monoisotopic (exact) mass is 382 g/mol. The van der Waals surface area contributed by atoms with Gasteiger partial charge in [-0.2, -0.15) is 0 Å². The second-order valence-corrected chi connectivity index (χ2v) is 9.54. The molecule has 0 aromatic carbocycles. The molecule has 0 aromatic rings. The molecular formula is C20H30O7. The predicted octanol–water partition coefficient (Wildman–Crippen LogP) is 0.0873. The molecule has 152 valence electrons. The van der Waals surface area contributed by atoms with E-state index in [0.717, 1.165) is 0 Å². The minimum Gasteiger partial charge on any atom is -0.428 e. The summed E-state index contributed by atoms with van der Waals surface area (Å²) in [4.78, 5) is 12.5. The number of hydrogen-bond donors (Lipinski definition) is 5. The molecule has 0 saturated heterocycles. The van der Waals surface area contributed by atoms with Gasteiger partial charge in [-0.05, 0) is 49.4 Å². The Labute approximate surface area is 158 Å². The van der Waals surface area contributed by atoms with E-state index in [4.69, 9.17) is 4.74 Å². The van der Waals surface area contributed by atoms with Crippen LogP contribution in [0.15, 0.2) is 11.1 Å². The molecule has 4 aliphatic rings. The fraction of sp³-hybridized carbons (Fsp3) is 0.850. The number of aliphatic hydroxyl groups excluding tert-OH is 5. The van der Waals surface area contributed by atoms with Crippen molar-refractivity contribution in [3.05, 3.63) is 11.1 Å². The van der Waals surface area contributed by atoms with E-state index in [1.807, 2.05) is 6.92 Å². The van der Waals surface area contributed by atoms with Crippen molar-refractivity contribution in [2.24, 2.45) is 28.1 Å². The van der Waals surface area contributed by atoms with Crippen molar-refractivity contribution in [2.75, 3.05) is 13.2 Å². The van der Waals surface area contributed by atoms with Gasteiger partial charge in [0, 0.05) is 16.4 Å². The summed E-state index contributed by atoms with van der Waals surface area (Å²) in [7, 11) is 0. The average Bonchev–Trinajstić information content (AvgIpc) is 2.94. The SMILES string of the molecule is C[C@]12C[C@H](O)[C@H](O)[C@](C)(CO)[C@@H]1CC[C@@]1(CO)C3=C(CC[C@@H]12)[C@H](O)OC3=O. The number of aliphatic hydroxyl groups is 5. The van der Waals surface area contributed by atoms with Crippen LogP contribution >= 0.6 is 0 Å². The first-order chi connectivity index (χ1) is 12.7. The first-order valence-corrected chi connectivity index (χ1v) is 9.86. The zero-order valence-electron chi connectivity index (χ0n) is 15.9. The highest BCUT2D eigenvalue weighted by Crippen LogP contribution is 2.69. The molecule has 8 atom stereocenters. The molecule has 7 nitrogen and oxygen atoms in total. The van der Waals surface area contributed by atoms with Crippen LogP contribution in [0.25, 0.3) is 0 Å². The lowest BCUT2D eigenvalue weighted by Crippen LogP contribution is -2.66. The highest BCUT2D eigenvalue weighted by atomic mass is 16.6. The Balaban J connectivity index is 1.84. The maximum absolute atomic E-state index is 12.5. The van der Waals surface area contributed by atoms with E-state index in [2.05, 4.69) is 6.92 Å². The Bertz CT molecular complexity index is 690. The molecule has 0 amide bonds. The van der Waals surface area contributed by atoms with Crippen LogP contribution in [0.4, 0.5) is 0 Å². The van der Waals surface area contributed by atoms with Crippen LogP contribution in [-0.2, 0) is 9.53 Å². The Kier molecular flexibility index (Phi) is 4.30. The van der Waals surface area contributed by atoms with E-state index in [1.165, 1.54) is 0 Å². The summed E-state index contributed by atoms with van der Waals surface area (Å²) in [6.07, 6.45) is -0.587. The molecule has 0 unspecified atom stereocenters. The maximum Gasteiger partial charge on any atom is 0.337 e. The smallest absolute Gasteiger partial charge is 0.337 e. The Hall–Kier alpha value is -0.990. The van der Waals surface area contributed by atoms with Crippen molar-refractivity contribution in [2.45, 2.75) is 64.4 Å². The highest BCUT2D eigenvalue weighted by Gasteiger charge is 2.67. The van der Waals surface area contributed by atoms with Crippen molar-refractivity contribution in [1.82, 2.24) is 0 Å². The fourth-order valence-corrected chi connectivity index (χ4v) is 7.29. The van der Waals surface area contributed by atoms with E-state index in [0.29, 0.717) is 43.3 Å². The van der Waals surface area contributed by atoms with Crippen LogP contribution in [0.5, 0.6) is 0 Å². The number of carbonyl (C=O) groups is 1. The normalized spacial score (nSPS) is 52.1. The number of ether oxygens (including phenoxy) is 1. The molecule has 5 N–H and O–H groups in total. The van der Waals surface area contributed by atoms with E-state index < -0.39 is 40.7 Å². The van der Waals surface area contributed by atoms with Crippen LogP contribution < -0.4 is 0 Å². The van der Waals surface area contributed by atoms with Gasteiger partial charge in [0.05, 0.1) is 31.0 Å². The van der Waals surface area contributed by atoms with Gasteiger partial charge in [0.1, 0.15) is 0 Å². The van der Waals surface area contributed by atoms with Crippen LogP contribution in [0.2, 0.25) is 0 Å². The molecule has 0 bridgehead atoms. The van der Waals surface area contributed by atoms with Gasteiger partial charge >= 0.3 is 5.97 Å². The van der Waals surface area contributed by atoms with E-state index in [-0.39, 0.29) is 25.0 Å².